The third-order valence-corrected chi connectivity index (χ3v) is 3.19. The Morgan fingerprint density at radius 3 is 2.72 bits per heavy atom. The fourth-order valence-corrected chi connectivity index (χ4v) is 2.15. The molecule has 1 aromatic carbocycles. The molecule has 2 aromatic rings. The van der Waals surface area contributed by atoms with E-state index in [4.69, 9.17) is 10.2 Å². The van der Waals surface area contributed by atoms with Crippen molar-refractivity contribution in [3.8, 4) is 0 Å². The summed E-state index contributed by atoms with van der Waals surface area (Å²) in [5, 5.41) is 1.17. The summed E-state index contributed by atoms with van der Waals surface area (Å²) in [6, 6.07) is 8.12. The predicted molar refractivity (Wildman–Crippen MR) is 77.0 cm³/mol. The van der Waals surface area contributed by atoms with Crippen molar-refractivity contribution in [3.05, 3.63) is 30.5 Å². The van der Waals surface area contributed by atoms with Gasteiger partial charge in [-0.1, -0.05) is 12.1 Å². The number of nitrogens with zero attached hydrogens (tertiary/aromatic N) is 1. The first kappa shape index (κ1) is 13.0. The lowest BCUT2D eigenvalue weighted by atomic mass is 10.00. The normalized spacial score (nSPS) is 12.0. The van der Waals surface area contributed by atoms with Crippen LogP contribution in [-0.2, 0) is 0 Å². The van der Waals surface area contributed by atoms with Gasteiger partial charge in [-0.05, 0) is 38.8 Å². The number of rotatable bonds is 5. The molecule has 0 aliphatic heterocycles. The smallest absolute Gasteiger partial charge is 0.136 e. The molecular weight excluding hydrogens is 224 g/mol. The second-order valence-electron chi connectivity index (χ2n) is 5.63. The van der Waals surface area contributed by atoms with E-state index in [1.165, 1.54) is 5.39 Å². The van der Waals surface area contributed by atoms with E-state index in [0.29, 0.717) is 0 Å². The highest BCUT2D eigenvalue weighted by molar-refractivity contribution is 5.90. The predicted octanol–water partition coefficient (Wildman–Crippen LogP) is 3.39. The first-order valence-electron chi connectivity index (χ1n) is 6.44. The molecule has 98 valence electrons. The quantitative estimate of drug-likeness (QED) is 0.879. The standard InChI is InChI=1S/C15H22N2O/c1-15(2,16)9-6-10-17(3)13-11-18-14-8-5-4-7-12(13)14/h4-5,7-8,11H,6,9-10,16H2,1-3H3. The summed E-state index contributed by atoms with van der Waals surface area (Å²) in [4.78, 5) is 2.23. The Kier molecular flexibility index (Phi) is 3.62. The fourth-order valence-electron chi connectivity index (χ4n) is 2.15. The lowest BCUT2D eigenvalue weighted by molar-refractivity contribution is 0.460. The van der Waals surface area contributed by atoms with Crippen LogP contribution in [0.1, 0.15) is 26.7 Å². The van der Waals surface area contributed by atoms with Crippen LogP contribution in [0.2, 0.25) is 0 Å². The van der Waals surface area contributed by atoms with E-state index in [2.05, 4.69) is 31.9 Å². The third-order valence-electron chi connectivity index (χ3n) is 3.19. The topological polar surface area (TPSA) is 42.4 Å². The van der Waals surface area contributed by atoms with Gasteiger partial charge in [0.2, 0.25) is 0 Å². The first-order valence-corrected chi connectivity index (χ1v) is 6.44. The molecule has 1 heterocycles. The molecule has 0 bridgehead atoms. The second kappa shape index (κ2) is 5.02. The maximum Gasteiger partial charge on any atom is 0.136 e. The van der Waals surface area contributed by atoms with Gasteiger partial charge in [-0.3, -0.25) is 0 Å². The van der Waals surface area contributed by atoms with Gasteiger partial charge in [0.05, 0.1) is 5.69 Å². The van der Waals surface area contributed by atoms with Crippen LogP contribution in [0.3, 0.4) is 0 Å². The van der Waals surface area contributed by atoms with Crippen LogP contribution in [0.4, 0.5) is 5.69 Å². The number of hydrogen-bond acceptors (Lipinski definition) is 3. The molecule has 0 aliphatic carbocycles. The summed E-state index contributed by atoms with van der Waals surface area (Å²) < 4.78 is 5.55. The maximum atomic E-state index is 5.99. The van der Waals surface area contributed by atoms with Crippen molar-refractivity contribution >= 4 is 16.7 Å². The van der Waals surface area contributed by atoms with E-state index >= 15 is 0 Å². The van der Waals surface area contributed by atoms with E-state index in [-0.39, 0.29) is 5.54 Å². The van der Waals surface area contributed by atoms with Gasteiger partial charge < -0.3 is 15.1 Å². The summed E-state index contributed by atoms with van der Waals surface area (Å²) in [6.07, 6.45) is 3.94. The molecule has 3 heteroatoms. The minimum Gasteiger partial charge on any atom is -0.462 e. The zero-order valence-electron chi connectivity index (χ0n) is 11.4. The Morgan fingerprint density at radius 1 is 1.28 bits per heavy atom. The van der Waals surface area contributed by atoms with Crippen LogP contribution < -0.4 is 10.6 Å². The van der Waals surface area contributed by atoms with Crippen molar-refractivity contribution in [1.29, 1.82) is 0 Å². The average molecular weight is 246 g/mol. The summed E-state index contributed by atoms with van der Waals surface area (Å²) in [7, 11) is 2.10. The van der Waals surface area contributed by atoms with Crippen LogP contribution in [-0.4, -0.2) is 19.1 Å². The molecule has 0 radical (unpaired) electrons. The van der Waals surface area contributed by atoms with Gasteiger partial charge in [-0.15, -0.1) is 0 Å². The molecule has 0 fully saturated rings. The molecule has 18 heavy (non-hydrogen) atoms. The van der Waals surface area contributed by atoms with E-state index < -0.39 is 0 Å². The zero-order valence-corrected chi connectivity index (χ0v) is 11.4. The highest BCUT2D eigenvalue weighted by Gasteiger charge is 2.12. The van der Waals surface area contributed by atoms with Gasteiger partial charge >= 0.3 is 0 Å². The van der Waals surface area contributed by atoms with E-state index in [0.717, 1.165) is 30.7 Å². The van der Waals surface area contributed by atoms with Crippen LogP contribution in [0.25, 0.3) is 11.0 Å². The number of hydrogen-bond donors (Lipinski definition) is 1. The zero-order chi connectivity index (χ0) is 13.2. The minimum atomic E-state index is -0.0840. The van der Waals surface area contributed by atoms with Crippen LogP contribution in [0.15, 0.2) is 34.9 Å². The summed E-state index contributed by atoms with van der Waals surface area (Å²) in [5.74, 6) is 0. The van der Waals surface area contributed by atoms with Crippen LogP contribution in [0, 0.1) is 0 Å². The van der Waals surface area contributed by atoms with E-state index in [9.17, 15) is 0 Å². The fraction of sp³-hybridized carbons (Fsp3) is 0.467. The monoisotopic (exact) mass is 246 g/mol. The highest BCUT2D eigenvalue weighted by atomic mass is 16.3. The van der Waals surface area contributed by atoms with Crippen LogP contribution >= 0.6 is 0 Å². The Morgan fingerprint density at radius 2 is 2.00 bits per heavy atom. The summed E-state index contributed by atoms with van der Waals surface area (Å²) in [5.41, 5.74) is 8.01. The molecule has 0 saturated carbocycles. The van der Waals surface area contributed by atoms with Crippen LogP contribution in [0.5, 0.6) is 0 Å². The number of furan rings is 1. The van der Waals surface area contributed by atoms with Gasteiger partial charge in [0.1, 0.15) is 11.8 Å². The molecular formula is C15H22N2O. The molecule has 2 N–H and O–H groups in total. The van der Waals surface area contributed by atoms with E-state index in [1.54, 1.807) is 0 Å². The minimum absolute atomic E-state index is 0.0840. The third kappa shape index (κ3) is 3.05. The molecule has 0 atom stereocenters. The molecule has 0 spiro atoms. The van der Waals surface area contributed by atoms with Crippen molar-refractivity contribution in [3.63, 3.8) is 0 Å². The molecule has 0 unspecified atom stereocenters. The molecule has 0 aliphatic rings. The van der Waals surface area contributed by atoms with Crippen molar-refractivity contribution in [2.24, 2.45) is 5.73 Å². The van der Waals surface area contributed by atoms with Gasteiger partial charge in [0.15, 0.2) is 0 Å². The van der Waals surface area contributed by atoms with Gasteiger partial charge in [-0.25, -0.2) is 0 Å². The van der Waals surface area contributed by atoms with Crippen molar-refractivity contribution in [2.45, 2.75) is 32.2 Å². The summed E-state index contributed by atoms with van der Waals surface area (Å²) in [6.45, 7) is 5.13. The van der Waals surface area contributed by atoms with Crippen molar-refractivity contribution in [2.75, 3.05) is 18.5 Å². The van der Waals surface area contributed by atoms with Gasteiger partial charge in [-0.2, -0.15) is 0 Å². The lowest BCUT2D eigenvalue weighted by Gasteiger charge is -2.22. The largest absolute Gasteiger partial charge is 0.462 e. The van der Waals surface area contributed by atoms with Gasteiger partial charge in [0.25, 0.3) is 0 Å². The average Bonchev–Trinajstić information content (AvgIpc) is 2.70. The Bertz CT molecular complexity index is 510. The molecule has 0 saturated heterocycles. The Hall–Kier alpha value is -1.48. The first-order chi connectivity index (χ1) is 8.47. The molecule has 2 rings (SSSR count). The number of para-hydroxylation sites is 1. The van der Waals surface area contributed by atoms with E-state index in [1.807, 2.05) is 24.5 Å². The Labute approximate surface area is 109 Å². The SMILES string of the molecule is CN(CCCC(C)(C)N)c1coc2ccccc12. The summed E-state index contributed by atoms with van der Waals surface area (Å²) >= 11 is 0. The number of anilines is 1. The maximum absolute atomic E-state index is 5.99. The highest BCUT2D eigenvalue weighted by Crippen LogP contribution is 2.28. The number of nitrogens with two attached hydrogens (primary N) is 1. The van der Waals surface area contributed by atoms with Crippen molar-refractivity contribution in [1.82, 2.24) is 0 Å². The molecule has 0 amide bonds. The number of benzene rings is 1. The lowest BCUT2D eigenvalue weighted by Crippen LogP contribution is -2.33. The molecule has 3 nitrogen and oxygen atoms in total. The second-order valence-corrected chi connectivity index (χ2v) is 5.63. The van der Waals surface area contributed by atoms with Crippen molar-refractivity contribution < 1.29 is 4.42 Å². The Balaban J connectivity index is 2.03. The van der Waals surface area contributed by atoms with Gasteiger partial charge in [0, 0.05) is 24.5 Å². The number of fused-ring (bicyclic) bond motifs is 1. The molecule has 1 aromatic heterocycles.